The number of carbonyl (C=O) groups is 2. The number of rotatable bonds is 4. The Morgan fingerprint density at radius 2 is 1.87 bits per heavy atom. The van der Waals surface area contributed by atoms with Crippen molar-refractivity contribution in [2.75, 3.05) is 18.4 Å². The van der Waals surface area contributed by atoms with Crippen LogP contribution in [0.25, 0.3) is 0 Å². The number of carbonyl (C=O) groups excluding carboxylic acids is 1. The third-order valence-electron chi connectivity index (χ3n) is 3.99. The second-order valence-electron chi connectivity index (χ2n) is 5.44. The van der Waals surface area contributed by atoms with Crippen LogP contribution in [0, 0.1) is 5.92 Å². The Morgan fingerprint density at radius 3 is 2.39 bits per heavy atom. The zero-order valence-corrected chi connectivity index (χ0v) is 14.9. The zero-order valence-electron chi connectivity index (χ0n) is 12.6. The van der Waals surface area contributed by atoms with E-state index in [0.29, 0.717) is 41.7 Å². The highest BCUT2D eigenvalue weighted by Gasteiger charge is 2.29. The molecular formula is C15H19Cl3N2O3. The van der Waals surface area contributed by atoms with Crippen LogP contribution in [-0.2, 0) is 9.59 Å². The molecule has 1 atom stereocenters. The average Bonchev–Trinajstić information content (AvgIpc) is 2.50. The minimum absolute atomic E-state index is 0. The lowest BCUT2D eigenvalue weighted by atomic mass is 9.96. The van der Waals surface area contributed by atoms with Crippen molar-refractivity contribution >= 4 is 53.2 Å². The summed E-state index contributed by atoms with van der Waals surface area (Å²) in [5.41, 5.74) is 0.590. The van der Waals surface area contributed by atoms with Gasteiger partial charge in [0.15, 0.2) is 0 Å². The van der Waals surface area contributed by atoms with Crippen LogP contribution in [0.4, 0.5) is 5.69 Å². The largest absolute Gasteiger partial charge is 0.481 e. The Bertz CT molecular complexity index is 575. The average molecular weight is 382 g/mol. The molecule has 1 heterocycles. The van der Waals surface area contributed by atoms with E-state index in [1.54, 1.807) is 18.2 Å². The molecule has 23 heavy (non-hydrogen) atoms. The SMILES string of the molecule is CC(C(=O)Nc1ccc(Cl)c(Cl)c1)N1CCC(C(=O)O)CC1.Cl. The van der Waals surface area contributed by atoms with Crippen molar-refractivity contribution < 1.29 is 14.7 Å². The van der Waals surface area contributed by atoms with E-state index in [2.05, 4.69) is 5.32 Å². The Hall–Kier alpha value is -1.01. The molecule has 0 aromatic heterocycles. The molecule has 0 radical (unpaired) electrons. The quantitative estimate of drug-likeness (QED) is 0.837. The summed E-state index contributed by atoms with van der Waals surface area (Å²) in [4.78, 5) is 25.2. The molecule has 128 valence electrons. The molecular weight excluding hydrogens is 363 g/mol. The smallest absolute Gasteiger partial charge is 0.306 e. The number of carboxylic acid groups (broad SMARTS) is 1. The maximum absolute atomic E-state index is 12.3. The van der Waals surface area contributed by atoms with Gasteiger partial charge in [0.2, 0.25) is 5.91 Å². The number of nitrogens with one attached hydrogen (secondary N) is 1. The molecule has 0 aliphatic carbocycles. The summed E-state index contributed by atoms with van der Waals surface area (Å²) in [6.07, 6.45) is 1.14. The highest BCUT2D eigenvalue weighted by atomic mass is 35.5. The fourth-order valence-corrected chi connectivity index (χ4v) is 2.82. The molecule has 1 fully saturated rings. The van der Waals surface area contributed by atoms with E-state index in [9.17, 15) is 9.59 Å². The first kappa shape index (κ1) is 20.0. The number of anilines is 1. The molecule has 5 nitrogen and oxygen atoms in total. The minimum atomic E-state index is -0.757. The number of piperidine rings is 1. The van der Waals surface area contributed by atoms with E-state index in [1.807, 2.05) is 11.8 Å². The maximum atomic E-state index is 12.3. The van der Waals surface area contributed by atoms with Gasteiger partial charge in [0.25, 0.3) is 0 Å². The van der Waals surface area contributed by atoms with E-state index in [1.165, 1.54) is 0 Å². The predicted molar refractivity (Wildman–Crippen MR) is 93.7 cm³/mol. The summed E-state index contributed by atoms with van der Waals surface area (Å²) >= 11 is 11.8. The second kappa shape index (κ2) is 8.73. The van der Waals surface area contributed by atoms with Crippen LogP contribution in [-0.4, -0.2) is 41.0 Å². The van der Waals surface area contributed by atoms with Crippen molar-refractivity contribution in [3.63, 3.8) is 0 Å². The molecule has 1 unspecified atom stereocenters. The number of hydrogen-bond donors (Lipinski definition) is 2. The van der Waals surface area contributed by atoms with Gasteiger partial charge in [0.05, 0.1) is 22.0 Å². The Labute approximate surface area is 151 Å². The Kier molecular flexibility index (Phi) is 7.61. The van der Waals surface area contributed by atoms with Gasteiger partial charge < -0.3 is 10.4 Å². The summed E-state index contributed by atoms with van der Waals surface area (Å²) in [6.45, 7) is 3.02. The molecule has 8 heteroatoms. The van der Waals surface area contributed by atoms with Gasteiger partial charge >= 0.3 is 5.97 Å². The van der Waals surface area contributed by atoms with Crippen molar-refractivity contribution in [2.24, 2.45) is 5.92 Å². The molecule has 0 spiro atoms. The van der Waals surface area contributed by atoms with Crippen LogP contribution in [0.1, 0.15) is 19.8 Å². The van der Waals surface area contributed by atoms with Crippen LogP contribution in [0.15, 0.2) is 18.2 Å². The monoisotopic (exact) mass is 380 g/mol. The van der Waals surface area contributed by atoms with E-state index in [-0.39, 0.29) is 30.3 Å². The molecule has 0 saturated carbocycles. The van der Waals surface area contributed by atoms with Gasteiger partial charge in [-0.15, -0.1) is 12.4 Å². The van der Waals surface area contributed by atoms with Gasteiger partial charge in [-0.2, -0.15) is 0 Å². The summed E-state index contributed by atoms with van der Waals surface area (Å²) in [7, 11) is 0. The highest BCUT2D eigenvalue weighted by molar-refractivity contribution is 6.42. The lowest BCUT2D eigenvalue weighted by molar-refractivity contribution is -0.143. The Balaban J connectivity index is 0.00000264. The number of likely N-dealkylation sites (tertiary alicyclic amines) is 1. The lowest BCUT2D eigenvalue weighted by Crippen LogP contribution is -2.46. The highest BCUT2D eigenvalue weighted by Crippen LogP contribution is 2.25. The number of benzene rings is 1. The van der Waals surface area contributed by atoms with Crippen LogP contribution >= 0.6 is 35.6 Å². The fourth-order valence-electron chi connectivity index (χ4n) is 2.52. The molecule has 1 aliphatic heterocycles. The molecule has 2 rings (SSSR count). The standard InChI is InChI=1S/C15H18Cl2N2O3.ClH/c1-9(19-6-4-10(5-7-19)15(21)22)14(20)18-11-2-3-12(16)13(17)8-11;/h2-3,8-10H,4-7H2,1H3,(H,18,20)(H,21,22);1H. The van der Waals surface area contributed by atoms with Gasteiger partial charge in [-0.05, 0) is 51.1 Å². The van der Waals surface area contributed by atoms with Crippen molar-refractivity contribution in [1.29, 1.82) is 0 Å². The van der Waals surface area contributed by atoms with Gasteiger partial charge in [0.1, 0.15) is 0 Å². The molecule has 1 aromatic rings. The van der Waals surface area contributed by atoms with Crippen LogP contribution < -0.4 is 5.32 Å². The molecule has 1 amide bonds. The second-order valence-corrected chi connectivity index (χ2v) is 6.26. The van der Waals surface area contributed by atoms with E-state index in [4.69, 9.17) is 28.3 Å². The number of carboxylic acids is 1. The van der Waals surface area contributed by atoms with E-state index in [0.717, 1.165) is 0 Å². The molecule has 1 aliphatic rings. The first-order chi connectivity index (χ1) is 10.4. The fraction of sp³-hybridized carbons (Fsp3) is 0.467. The van der Waals surface area contributed by atoms with Crippen molar-refractivity contribution in [1.82, 2.24) is 4.90 Å². The molecule has 1 saturated heterocycles. The molecule has 2 N–H and O–H groups in total. The molecule has 0 bridgehead atoms. The van der Waals surface area contributed by atoms with E-state index >= 15 is 0 Å². The number of halogens is 3. The summed E-state index contributed by atoms with van der Waals surface area (Å²) in [6, 6.07) is 4.59. The van der Waals surface area contributed by atoms with Crippen LogP contribution in [0.5, 0.6) is 0 Å². The number of hydrogen-bond acceptors (Lipinski definition) is 3. The topological polar surface area (TPSA) is 69.6 Å². The maximum Gasteiger partial charge on any atom is 0.306 e. The van der Waals surface area contributed by atoms with Gasteiger partial charge in [0, 0.05) is 5.69 Å². The lowest BCUT2D eigenvalue weighted by Gasteiger charge is -2.33. The summed E-state index contributed by atoms with van der Waals surface area (Å²) in [5.74, 6) is -1.21. The normalized spacial score (nSPS) is 17.2. The predicted octanol–water partition coefficient (Wildman–Crippen LogP) is 3.54. The first-order valence-electron chi connectivity index (χ1n) is 7.11. The van der Waals surface area contributed by atoms with Gasteiger partial charge in [-0.1, -0.05) is 23.2 Å². The summed E-state index contributed by atoms with van der Waals surface area (Å²) < 4.78 is 0. The van der Waals surface area contributed by atoms with Crippen LogP contribution in [0.3, 0.4) is 0 Å². The third kappa shape index (κ3) is 5.24. The number of nitrogens with zero attached hydrogens (tertiary/aromatic N) is 1. The van der Waals surface area contributed by atoms with Crippen LogP contribution in [0.2, 0.25) is 10.0 Å². The third-order valence-corrected chi connectivity index (χ3v) is 4.73. The van der Waals surface area contributed by atoms with Gasteiger partial charge in [-0.25, -0.2) is 0 Å². The number of amides is 1. The first-order valence-corrected chi connectivity index (χ1v) is 7.87. The number of aliphatic carboxylic acids is 1. The van der Waals surface area contributed by atoms with E-state index < -0.39 is 5.97 Å². The van der Waals surface area contributed by atoms with Crippen molar-refractivity contribution in [2.45, 2.75) is 25.8 Å². The van der Waals surface area contributed by atoms with Gasteiger partial charge in [-0.3, -0.25) is 14.5 Å². The van der Waals surface area contributed by atoms with Crippen molar-refractivity contribution in [3.05, 3.63) is 28.2 Å². The minimum Gasteiger partial charge on any atom is -0.481 e. The Morgan fingerprint density at radius 1 is 1.26 bits per heavy atom. The molecule has 1 aromatic carbocycles. The zero-order chi connectivity index (χ0) is 16.3. The summed E-state index contributed by atoms with van der Waals surface area (Å²) in [5, 5.41) is 12.6. The van der Waals surface area contributed by atoms with Crippen molar-refractivity contribution in [3.8, 4) is 0 Å².